The third-order valence-electron chi connectivity index (χ3n) is 5.72. The number of anilines is 2. The first-order valence-electron chi connectivity index (χ1n) is 8.66. The van der Waals surface area contributed by atoms with Crippen molar-refractivity contribution in [2.75, 3.05) is 77.6 Å². The Bertz CT molecular complexity index is 528. The van der Waals surface area contributed by atoms with E-state index in [9.17, 15) is 0 Å². The highest BCUT2D eigenvalue weighted by Gasteiger charge is 2.34. The van der Waals surface area contributed by atoms with Crippen LogP contribution in [0.3, 0.4) is 0 Å². The minimum atomic E-state index is 0.892. The predicted molar refractivity (Wildman–Crippen MR) is 94.0 cm³/mol. The molecule has 122 valence electrons. The van der Waals surface area contributed by atoms with Gasteiger partial charge < -0.3 is 19.6 Å². The molecular formula is C18H32N4+2. The predicted octanol–water partition coefficient (Wildman–Crippen LogP) is 1.56. The molecule has 0 radical (unpaired) electrons. The van der Waals surface area contributed by atoms with Crippen LogP contribution in [0.2, 0.25) is 0 Å². The standard InChI is InChI=1S/C18H32N4/c1-21(2)11-13-22(3,14-12-21)10-9-20-8-4-5-16-6-7-17(19)15-18(16)20/h6-7,15H,4-5,8-14,19H2,1-3H3/q+2. The van der Waals surface area contributed by atoms with Crippen LogP contribution in [-0.4, -0.2) is 75.9 Å². The molecule has 0 atom stereocenters. The van der Waals surface area contributed by atoms with Crippen LogP contribution in [0.5, 0.6) is 0 Å². The SMILES string of the molecule is C[N+]1(C)CC[N+](C)(CCN2CCCc3ccc(N)cc32)CC1. The molecule has 2 N–H and O–H groups in total. The summed E-state index contributed by atoms with van der Waals surface area (Å²) < 4.78 is 2.40. The molecule has 1 fully saturated rings. The molecule has 0 unspecified atom stereocenters. The van der Waals surface area contributed by atoms with Gasteiger partial charge in [0, 0.05) is 17.9 Å². The number of aryl methyl sites for hydroxylation is 1. The fourth-order valence-corrected chi connectivity index (χ4v) is 3.73. The Morgan fingerprint density at radius 3 is 2.55 bits per heavy atom. The summed E-state index contributed by atoms with van der Waals surface area (Å²) in [7, 11) is 7.14. The molecule has 1 aromatic rings. The fraction of sp³-hybridized carbons (Fsp3) is 0.667. The van der Waals surface area contributed by atoms with Crippen molar-refractivity contribution < 1.29 is 8.97 Å². The van der Waals surface area contributed by atoms with E-state index in [1.165, 1.54) is 72.3 Å². The maximum Gasteiger partial charge on any atom is 0.128 e. The van der Waals surface area contributed by atoms with E-state index in [1.807, 2.05) is 6.07 Å². The summed E-state index contributed by atoms with van der Waals surface area (Å²) in [5.74, 6) is 0. The van der Waals surface area contributed by atoms with Crippen LogP contribution in [0, 0.1) is 0 Å². The number of hydrogen-bond donors (Lipinski definition) is 1. The average molecular weight is 304 g/mol. The maximum absolute atomic E-state index is 6.01. The van der Waals surface area contributed by atoms with Crippen molar-refractivity contribution in [2.45, 2.75) is 12.8 Å². The zero-order valence-corrected chi connectivity index (χ0v) is 14.5. The smallest absolute Gasteiger partial charge is 0.128 e. The van der Waals surface area contributed by atoms with E-state index in [4.69, 9.17) is 5.73 Å². The van der Waals surface area contributed by atoms with Crippen LogP contribution >= 0.6 is 0 Å². The van der Waals surface area contributed by atoms with Gasteiger partial charge in [-0.2, -0.15) is 0 Å². The van der Waals surface area contributed by atoms with E-state index in [0.717, 1.165) is 12.2 Å². The lowest BCUT2D eigenvalue weighted by molar-refractivity contribution is -1.01. The van der Waals surface area contributed by atoms with Crippen molar-refractivity contribution >= 4 is 11.4 Å². The lowest BCUT2D eigenvalue weighted by Crippen LogP contribution is -2.63. The minimum Gasteiger partial charge on any atom is -0.399 e. The second kappa shape index (κ2) is 5.74. The summed E-state index contributed by atoms with van der Waals surface area (Å²) in [5, 5.41) is 0. The number of nitrogens with two attached hydrogens (primary N) is 1. The quantitative estimate of drug-likeness (QED) is 0.678. The monoisotopic (exact) mass is 304 g/mol. The summed E-state index contributed by atoms with van der Waals surface area (Å²) in [6, 6.07) is 6.43. The molecule has 0 bridgehead atoms. The molecule has 1 saturated heterocycles. The van der Waals surface area contributed by atoms with Gasteiger partial charge in [0.25, 0.3) is 0 Å². The first kappa shape index (κ1) is 15.6. The molecule has 4 heteroatoms. The van der Waals surface area contributed by atoms with Gasteiger partial charge >= 0.3 is 0 Å². The number of fused-ring (bicyclic) bond motifs is 1. The zero-order chi connectivity index (χ0) is 15.8. The molecule has 0 spiro atoms. The topological polar surface area (TPSA) is 29.3 Å². The minimum absolute atomic E-state index is 0.892. The van der Waals surface area contributed by atoms with Crippen molar-refractivity contribution in [3.05, 3.63) is 23.8 Å². The maximum atomic E-state index is 6.01. The van der Waals surface area contributed by atoms with Gasteiger partial charge in [0.1, 0.15) is 26.2 Å². The summed E-state index contributed by atoms with van der Waals surface area (Å²) in [6.45, 7) is 8.75. The van der Waals surface area contributed by atoms with Gasteiger partial charge in [-0.15, -0.1) is 0 Å². The number of likely N-dealkylation sites (N-methyl/N-ethyl adjacent to an activating group) is 2. The molecule has 4 nitrogen and oxygen atoms in total. The summed E-state index contributed by atoms with van der Waals surface area (Å²) >= 11 is 0. The van der Waals surface area contributed by atoms with Crippen LogP contribution in [0.4, 0.5) is 11.4 Å². The third-order valence-corrected chi connectivity index (χ3v) is 5.72. The number of nitrogens with zero attached hydrogens (tertiary/aromatic N) is 3. The molecule has 0 aliphatic carbocycles. The molecule has 3 rings (SSSR count). The second-order valence-electron chi connectivity index (χ2n) is 8.15. The first-order chi connectivity index (χ1) is 10.4. The molecule has 0 aromatic heterocycles. The van der Waals surface area contributed by atoms with Crippen LogP contribution in [0.1, 0.15) is 12.0 Å². The van der Waals surface area contributed by atoms with Crippen LogP contribution < -0.4 is 10.6 Å². The highest BCUT2D eigenvalue weighted by Crippen LogP contribution is 2.29. The van der Waals surface area contributed by atoms with Gasteiger partial charge in [-0.05, 0) is 30.5 Å². The van der Waals surface area contributed by atoms with Crippen molar-refractivity contribution in [1.29, 1.82) is 0 Å². The number of quaternary nitrogens is 2. The van der Waals surface area contributed by atoms with Crippen LogP contribution in [0.15, 0.2) is 18.2 Å². The Morgan fingerprint density at radius 2 is 1.82 bits per heavy atom. The van der Waals surface area contributed by atoms with Gasteiger partial charge in [-0.25, -0.2) is 0 Å². The number of hydrogen-bond acceptors (Lipinski definition) is 2. The third kappa shape index (κ3) is 3.39. The van der Waals surface area contributed by atoms with Crippen molar-refractivity contribution in [1.82, 2.24) is 0 Å². The van der Waals surface area contributed by atoms with Gasteiger partial charge in [0.05, 0.1) is 34.2 Å². The van der Waals surface area contributed by atoms with E-state index in [2.05, 4.69) is 38.2 Å². The Hall–Kier alpha value is -1.26. The number of rotatable bonds is 3. The number of benzene rings is 1. The van der Waals surface area contributed by atoms with Crippen molar-refractivity contribution in [3.63, 3.8) is 0 Å². The molecule has 2 heterocycles. The van der Waals surface area contributed by atoms with E-state index >= 15 is 0 Å². The van der Waals surface area contributed by atoms with Crippen LogP contribution in [0.25, 0.3) is 0 Å². The van der Waals surface area contributed by atoms with E-state index in [0.29, 0.717) is 0 Å². The largest absolute Gasteiger partial charge is 0.399 e. The highest BCUT2D eigenvalue weighted by molar-refractivity contribution is 5.62. The van der Waals surface area contributed by atoms with Crippen molar-refractivity contribution in [2.24, 2.45) is 0 Å². The molecule has 22 heavy (non-hydrogen) atoms. The van der Waals surface area contributed by atoms with Crippen molar-refractivity contribution in [3.8, 4) is 0 Å². The average Bonchev–Trinajstić information content (AvgIpc) is 2.49. The van der Waals surface area contributed by atoms with Gasteiger partial charge in [-0.1, -0.05) is 6.07 Å². The number of nitrogen functional groups attached to an aromatic ring is 1. The molecule has 2 aliphatic rings. The molecule has 0 saturated carbocycles. The van der Waals surface area contributed by atoms with Gasteiger partial charge in [0.2, 0.25) is 0 Å². The molecule has 1 aromatic carbocycles. The first-order valence-corrected chi connectivity index (χ1v) is 8.66. The molecular weight excluding hydrogens is 272 g/mol. The normalized spacial score (nSPS) is 23.1. The fourth-order valence-electron chi connectivity index (χ4n) is 3.73. The van der Waals surface area contributed by atoms with Gasteiger partial charge in [-0.3, -0.25) is 0 Å². The van der Waals surface area contributed by atoms with E-state index in [1.54, 1.807) is 0 Å². The summed E-state index contributed by atoms with van der Waals surface area (Å²) in [4.78, 5) is 2.56. The molecule has 2 aliphatic heterocycles. The Morgan fingerprint density at radius 1 is 1.09 bits per heavy atom. The zero-order valence-electron chi connectivity index (χ0n) is 14.5. The van der Waals surface area contributed by atoms with Gasteiger partial charge in [0.15, 0.2) is 0 Å². The Balaban J connectivity index is 1.64. The van der Waals surface area contributed by atoms with Crippen LogP contribution in [-0.2, 0) is 6.42 Å². The highest BCUT2D eigenvalue weighted by atomic mass is 15.4. The lowest BCUT2D eigenvalue weighted by Gasteiger charge is -2.45. The lowest BCUT2D eigenvalue weighted by atomic mass is 10.0. The summed E-state index contributed by atoms with van der Waals surface area (Å²) in [6.07, 6.45) is 2.47. The van der Waals surface area contributed by atoms with E-state index < -0.39 is 0 Å². The Kier molecular flexibility index (Phi) is 4.08. The summed E-state index contributed by atoms with van der Waals surface area (Å²) in [5.41, 5.74) is 9.75. The Labute approximate surface area is 135 Å². The van der Waals surface area contributed by atoms with E-state index in [-0.39, 0.29) is 0 Å². The second-order valence-corrected chi connectivity index (χ2v) is 8.15. The number of piperazine rings is 1. The molecule has 0 amide bonds.